The van der Waals surface area contributed by atoms with Gasteiger partial charge in [0.15, 0.2) is 0 Å². The van der Waals surface area contributed by atoms with Gasteiger partial charge in [-0.3, -0.25) is 4.79 Å². The molecule has 0 saturated heterocycles. The molecule has 1 amide bonds. The molecule has 1 aromatic carbocycles. The van der Waals surface area contributed by atoms with Crippen LogP contribution in [0.4, 0.5) is 0 Å². The van der Waals surface area contributed by atoms with E-state index in [0.717, 1.165) is 10.0 Å². The number of carbonyl (C=O) groups is 1. The van der Waals surface area contributed by atoms with Gasteiger partial charge in [-0.25, -0.2) is 0 Å². The Balaban J connectivity index is 2.46. The average molecular weight is 258 g/mol. The van der Waals surface area contributed by atoms with Crippen molar-refractivity contribution in [2.75, 3.05) is 13.7 Å². The molecular weight excluding hydrogens is 246 g/mol. The lowest BCUT2D eigenvalue weighted by atomic mass is 10.2. The second-order valence-corrected chi connectivity index (χ2v) is 3.66. The normalized spacial score (nSPS) is 9.86. The molecule has 4 heteroatoms. The maximum atomic E-state index is 11.1. The molecule has 0 aliphatic heterocycles. The lowest BCUT2D eigenvalue weighted by molar-refractivity contribution is -0.124. The summed E-state index contributed by atoms with van der Waals surface area (Å²) in [5.74, 6) is -0.108. The number of carbonyl (C=O) groups excluding carboxylic acids is 1. The monoisotopic (exact) mass is 257 g/mol. The fourth-order valence-electron chi connectivity index (χ4n) is 1.02. The van der Waals surface area contributed by atoms with Crippen LogP contribution in [-0.4, -0.2) is 19.6 Å². The molecule has 0 aromatic heterocycles. The first kappa shape index (κ1) is 11.2. The molecule has 14 heavy (non-hydrogen) atoms. The predicted molar refractivity (Wildman–Crippen MR) is 57.9 cm³/mol. The highest BCUT2D eigenvalue weighted by Crippen LogP contribution is 2.15. The second kappa shape index (κ2) is 5.78. The van der Waals surface area contributed by atoms with Crippen molar-refractivity contribution in [3.63, 3.8) is 0 Å². The number of hydrogen-bond acceptors (Lipinski definition) is 2. The van der Waals surface area contributed by atoms with Crippen LogP contribution in [0.15, 0.2) is 28.7 Å². The van der Waals surface area contributed by atoms with E-state index in [9.17, 15) is 4.79 Å². The average Bonchev–Trinajstić information content (AvgIpc) is 2.17. The standard InChI is InChI=1S/C10H12BrNO2/c1-14-7-10(13)12-6-8-4-2-3-5-9(8)11/h2-5H,6-7H2,1H3,(H,12,13). The molecule has 0 spiro atoms. The summed E-state index contributed by atoms with van der Waals surface area (Å²) in [5.41, 5.74) is 1.05. The molecule has 1 aromatic rings. The summed E-state index contributed by atoms with van der Waals surface area (Å²) < 4.78 is 5.70. The van der Waals surface area contributed by atoms with Crippen molar-refractivity contribution in [1.82, 2.24) is 5.32 Å². The molecule has 0 aliphatic carbocycles. The molecule has 0 unspecified atom stereocenters. The zero-order valence-corrected chi connectivity index (χ0v) is 9.50. The third kappa shape index (κ3) is 3.47. The highest BCUT2D eigenvalue weighted by molar-refractivity contribution is 9.10. The third-order valence-corrected chi connectivity index (χ3v) is 2.48. The van der Waals surface area contributed by atoms with Gasteiger partial charge in [0.05, 0.1) is 0 Å². The van der Waals surface area contributed by atoms with Crippen LogP contribution in [0.1, 0.15) is 5.56 Å². The van der Waals surface area contributed by atoms with Gasteiger partial charge in [-0.05, 0) is 11.6 Å². The van der Waals surface area contributed by atoms with E-state index < -0.39 is 0 Å². The van der Waals surface area contributed by atoms with E-state index in [-0.39, 0.29) is 12.5 Å². The van der Waals surface area contributed by atoms with Crippen LogP contribution in [0.25, 0.3) is 0 Å². The fourth-order valence-corrected chi connectivity index (χ4v) is 1.44. The molecule has 0 atom stereocenters. The minimum atomic E-state index is -0.108. The molecule has 76 valence electrons. The number of amides is 1. The first-order valence-electron chi connectivity index (χ1n) is 4.23. The maximum absolute atomic E-state index is 11.1. The molecule has 0 heterocycles. The van der Waals surface area contributed by atoms with Crippen molar-refractivity contribution in [3.8, 4) is 0 Å². The number of ether oxygens (including phenoxy) is 1. The first-order chi connectivity index (χ1) is 6.74. The van der Waals surface area contributed by atoms with Gasteiger partial charge in [0.1, 0.15) is 6.61 Å². The Kier molecular flexibility index (Phi) is 4.62. The summed E-state index contributed by atoms with van der Waals surface area (Å²) in [6.45, 7) is 0.619. The van der Waals surface area contributed by atoms with Crippen LogP contribution in [0, 0.1) is 0 Å². The Morgan fingerprint density at radius 1 is 1.50 bits per heavy atom. The SMILES string of the molecule is COCC(=O)NCc1ccccc1Br. The quantitative estimate of drug-likeness (QED) is 0.892. The van der Waals surface area contributed by atoms with E-state index in [2.05, 4.69) is 21.2 Å². The Hall–Kier alpha value is -0.870. The van der Waals surface area contributed by atoms with E-state index in [1.807, 2.05) is 24.3 Å². The Labute approximate surface area is 91.6 Å². The molecule has 0 radical (unpaired) electrons. The highest BCUT2D eigenvalue weighted by atomic mass is 79.9. The van der Waals surface area contributed by atoms with Gasteiger partial charge in [-0.2, -0.15) is 0 Å². The van der Waals surface area contributed by atoms with Crippen LogP contribution in [0.2, 0.25) is 0 Å². The molecule has 3 nitrogen and oxygen atoms in total. The van der Waals surface area contributed by atoms with Crippen molar-refractivity contribution in [2.24, 2.45) is 0 Å². The van der Waals surface area contributed by atoms with E-state index in [0.29, 0.717) is 6.54 Å². The summed E-state index contributed by atoms with van der Waals surface area (Å²) in [4.78, 5) is 11.1. The van der Waals surface area contributed by atoms with E-state index in [4.69, 9.17) is 4.74 Å². The number of methoxy groups -OCH3 is 1. The molecular formula is C10H12BrNO2. The lowest BCUT2D eigenvalue weighted by Gasteiger charge is -2.05. The lowest BCUT2D eigenvalue weighted by Crippen LogP contribution is -2.26. The Morgan fingerprint density at radius 3 is 2.86 bits per heavy atom. The topological polar surface area (TPSA) is 38.3 Å². The largest absolute Gasteiger partial charge is 0.375 e. The Bertz CT molecular complexity index is 315. The third-order valence-electron chi connectivity index (χ3n) is 1.71. The van der Waals surface area contributed by atoms with E-state index in [1.165, 1.54) is 7.11 Å². The maximum Gasteiger partial charge on any atom is 0.246 e. The van der Waals surface area contributed by atoms with E-state index in [1.54, 1.807) is 0 Å². The van der Waals surface area contributed by atoms with E-state index >= 15 is 0 Å². The smallest absolute Gasteiger partial charge is 0.246 e. The van der Waals surface area contributed by atoms with Gasteiger partial charge in [0, 0.05) is 18.1 Å². The summed E-state index contributed by atoms with van der Waals surface area (Å²) in [5, 5.41) is 2.75. The first-order valence-corrected chi connectivity index (χ1v) is 5.02. The molecule has 0 fully saturated rings. The van der Waals surface area contributed by atoms with Gasteiger partial charge in [-0.15, -0.1) is 0 Å². The molecule has 0 saturated carbocycles. The summed E-state index contributed by atoms with van der Waals surface area (Å²) in [7, 11) is 1.50. The fraction of sp³-hybridized carbons (Fsp3) is 0.300. The second-order valence-electron chi connectivity index (χ2n) is 2.80. The van der Waals surface area contributed by atoms with Crippen molar-refractivity contribution in [2.45, 2.75) is 6.54 Å². The minimum absolute atomic E-state index is 0.102. The number of nitrogens with one attached hydrogen (secondary N) is 1. The number of rotatable bonds is 4. The zero-order chi connectivity index (χ0) is 10.4. The van der Waals surface area contributed by atoms with Gasteiger partial charge in [-0.1, -0.05) is 34.1 Å². The molecule has 1 N–H and O–H groups in total. The van der Waals surface area contributed by atoms with Gasteiger partial charge < -0.3 is 10.1 Å². The van der Waals surface area contributed by atoms with Crippen LogP contribution >= 0.6 is 15.9 Å². The zero-order valence-electron chi connectivity index (χ0n) is 7.92. The van der Waals surface area contributed by atoms with Crippen LogP contribution in [0.5, 0.6) is 0 Å². The number of halogens is 1. The molecule has 0 aliphatic rings. The van der Waals surface area contributed by atoms with Gasteiger partial charge >= 0.3 is 0 Å². The van der Waals surface area contributed by atoms with Crippen molar-refractivity contribution in [3.05, 3.63) is 34.3 Å². The number of benzene rings is 1. The van der Waals surface area contributed by atoms with Crippen molar-refractivity contribution in [1.29, 1.82) is 0 Å². The van der Waals surface area contributed by atoms with Crippen LogP contribution in [0.3, 0.4) is 0 Å². The molecule has 0 bridgehead atoms. The highest BCUT2D eigenvalue weighted by Gasteiger charge is 2.01. The number of hydrogen-bond donors (Lipinski definition) is 1. The van der Waals surface area contributed by atoms with Crippen LogP contribution < -0.4 is 5.32 Å². The molecule has 1 rings (SSSR count). The minimum Gasteiger partial charge on any atom is -0.375 e. The van der Waals surface area contributed by atoms with Crippen molar-refractivity contribution < 1.29 is 9.53 Å². The predicted octanol–water partition coefficient (Wildman–Crippen LogP) is 1.71. The van der Waals surface area contributed by atoms with Crippen LogP contribution in [-0.2, 0) is 16.1 Å². The Morgan fingerprint density at radius 2 is 2.21 bits per heavy atom. The summed E-state index contributed by atoms with van der Waals surface area (Å²) in [6, 6.07) is 7.77. The van der Waals surface area contributed by atoms with Gasteiger partial charge in [0.25, 0.3) is 0 Å². The van der Waals surface area contributed by atoms with Crippen molar-refractivity contribution >= 4 is 21.8 Å². The van der Waals surface area contributed by atoms with Gasteiger partial charge in [0.2, 0.25) is 5.91 Å². The summed E-state index contributed by atoms with van der Waals surface area (Å²) in [6.07, 6.45) is 0. The summed E-state index contributed by atoms with van der Waals surface area (Å²) >= 11 is 3.40.